The second-order valence-electron chi connectivity index (χ2n) is 6.93. The van der Waals surface area contributed by atoms with Crippen molar-refractivity contribution >= 4 is 26.7 Å². The minimum absolute atomic E-state index is 0.0588. The van der Waals surface area contributed by atoms with Crippen molar-refractivity contribution in [2.75, 3.05) is 31.1 Å². The summed E-state index contributed by atoms with van der Waals surface area (Å²) in [4.78, 5) is 15.6. The fourth-order valence-electron chi connectivity index (χ4n) is 3.90. The Morgan fingerprint density at radius 2 is 1.96 bits per heavy atom. The third kappa shape index (κ3) is 3.49. The van der Waals surface area contributed by atoms with Crippen LogP contribution in [0.4, 0.5) is 23.7 Å². The fraction of sp³-hybridized carbons (Fsp3) is 0.588. The lowest BCUT2D eigenvalue weighted by molar-refractivity contribution is -0.138. The molecule has 1 saturated heterocycles. The number of aryl methyl sites for hydroxylation is 1. The van der Waals surface area contributed by atoms with E-state index in [1.165, 1.54) is 5.56 Å². The molecule has 2 aliphatic heterocycles. The maximum Gasteiger partial charge on any atom is 0.390 e. The first-order valence-electron chi connectivity index (χ1n) is 8.17. The number of carbonyl (C=O) groups excluding carboxylic acids is 1. The topological polar surface area (TPSA) is 23.6 Å². The van der Waals surface area contributed by atoms with Gasteiger partial charge in [-0.3, -0.25) is 0 Å². The Labute approximate surface area is 148 Å². The lowest BCUT2D eigenvalue weighted by Gasteiger charge is -2.40. The number of rotatable bonds is 2. The van der Waals surface area contributed by atoms with Gasteiger partial charge < -0.3 is 14.6 Å². The molecule has 3 rings (SSSR count). The molecule has 2 aliphatic rings. The van der Waals surface area contributed by atoms with Crippen LogP contribution in [-0.4, -0.2) is 58.3 Å². The Morgan fingerprint density at radius 1 is 1.29 bits per heavy atom. The maximum absolute atomic E-state index is 12.4. The summed E-state index contributed by atoms with van der Waals surface area (Å²) in [6.45, 7) is 4.00. The highest BCUT2D eigenvalue weighted by Crippen LogP contribution is 2.47. The zero-order chi connectivity index (χ0) is 17.5. The number of piperidine rings is 1. The van der Waals surface area contributed by atoms with E-state index in [0.29, 0.717) is 19.6 Å². The van der Waals surface area contributed by atoms with E-state index in [4.69, 9.17) is 0 Å². The average Bonchev–Trinajstić information content (AvgIpc) is 2.81. The number of alkyl halides is 3. The molecule has 0 unspecified atom stereocenters. The van der Waals surface area contributed by atoms with Gasteiger partial charge in [0.15, 0.2) is 0 Å². The molecule has 0 bridgehead atoms. The number of fused-ring (bicyclic) bond motifs is 2. The molecule has 24 heavy (non-hydrogen) atoms. The first kappa shape index (κ1) is 17.8. The minimum Gasteiger partial charge on any atom is -0.329 e. The van der Waals surface area contributed by atoms with Crippen LogP contribution in [0.2, 0.25) is 0 Å². The number of nitrogens with zero attached hydrogens (tertiary/aromatic N) is 2. The maximum atomic E-state index is 12.4. The summed E-state index contributed by atoms with van der Waals surface area (Å²) in [7, 11) is 0. The lowest BCUT2D eigenvalue weighted by Crippen LogP contribution is -2.46. The minimum atomic E-state index is -4.10. The molecule has 128 valence electrons. The van der Waals surface area contributed by atoms with E-state index < -0.39 is 12.6 Å². The molecule has 0 atom stereocenters. The van der Waals surface area contributed by atoms with Crippen molar-refractivity contribution < 1.29 is 18.0 Å². The van der Waals surface area contributed by atoms with Gasteiger partial charge in [0, 0.05) is 24.2 Å². The van der Waals surface area contributed by atoms with Gasteiger partial charge in [0.05, 0.1) is 6.42 Å². The monoisotopic (exact) mass is 352 g/mol. The molecular weight excluding hydrogens is 332 g/mol. The molecule has 1 aromatic rings. The van der Waals surface area contributed by atoms with Gasteiger partial charge >= 0.3 is 6.18 Å². The van der Waals surface area contributed by atoms with E-state index >= 15 is 0 Å². The Hall–Kier alpha value is -1.03. The summed E-state index contributed by atoms with van der Waals surface area (Å²) in [6, 6.07) is 6.11. The standard InChI is InChI=1S/C17H20F3N2O.Al/c1-13-2-3-15-14(10-13)16(11-22(15)12-23)4-7-21(8-5-16)9-6-17(18,19)20;/h2-3,10H,4-9,11H2,1H3;. The van der Waals surface area contributed by atoms with Crippen molar-refractivity contribution in [3.8, 4) is 0 Å². The first-order chi connectivity index (χ1) is 11.2. The predicted molar refractivity (Wildman–Crippen MR) is 87.7 cm³/mol. The molecule has 0 aromatic heterocycles. The molecule has 0 N–H and O–H groups in total. The highest BCUT2D eigenvalue weighted by atomic mass is 27.0. The Bertz CT molecular complexity index is 639. The lowest BCUT2D eigenvalue weighted by atomic mass is 9.74. The van der Waals surface area contributed by atoms with Crippen LogP contribution in [-0.2, 0) is 5.41 Å². The molecule has 2 heterocycles. The van der Waals surface area contributed by atoms with Crippen LogP contribution in [0.5, 0.6) is 0 Å². The van der Waals surface area contributed by atoms with Gasteiger partial charge in [-0.25, -0.2) is 0 Å². The number of hydrogen-bond acceptors (Lipinski definition) is 2. The van der Waals surface area contributed by atoms with Crippen LogP contribution in [0.1, 0.15) is 30.4 Å². The van der Waals surface area contributed by atoms with Crippen molar-refractivity contribution in [2.45, 2.75) is 37.8 Å². The van der Waals surface area contributed by atoms with Crippen molar-refractivity contribution in [1.29, 1.82) is 0 Å². The third-order valence-electron chi connectivity index (χ3n) is 5.27. The molecule has 1 aromatic carbocycles. The molecule has 0 saturated carbocycles. The Kier molecular flexibility index (Phi) is 4.72. The quantitative estimate of drug-likeness (QED) is 0.762. The van der Waals surface area contributed by atoms with E-state index in [2.05, 4.69) is 22.4 Å². The molecule has 2 radical (unpaired) electrons. The summed E-state index contributed by atoms with van der Waals surface area (Å²) in [5.74, 6) is 0. The third-order valence-corrected chi connectivity index (χ3v) is 5.58. The van der Waals surface area contributed by atoms with Crippen molar-refractivity contribution in [1.82, 2.24) is 4.90 Å². The van der Waals surface area contributed by atoms with Gasteiger partial charge in [-0.05, 0) is 44.5 Å². The van der Waals surface area contributed by atoms with Gasteiger partial charge in [0.1, 0.15) is 4.77 Å². The van der Waals surface area contributed by atoms with Gasteiger partial charge in [0.25, 0.3) is 16.3 Å². The Morgan fingerprint density at radius 3 is 2.54 bits per heavy atom. The van der Waals surface area contributed by atoms with Crippen LogP contribution >= 0.6 is 0 Å². The summed E-state index contributed by atoms with van der Waals surface area (Å²) in [5.41, 5.74) is 3.14. The SMILES string of the molecule is Cc1ccc2c(c1)C1(CCN(CCC(F)(F)F)CC1)CN2[C](=O)[Al]. The van der Waals surface area contributed by atoms with Crippen LogP contribution in [0.3, 0.4) is 0 Å². The molecular formula is C17H20AlF3N2O. The first-order valence-corrected chi connectivity index (χ1v) is 8.75. The van der Waals surface area contributed by atoms with Gasteiger partial charge in [0.2, 0.25) is 0 Å². The highest BCUT2D eigenvalue weighted by Gasteiger charge is 2.45. The summed E-state index contributed by atoms with van der Waals surface area (Å²) >= 11 is 2.23. The number of likely N-dealkylation sites (tertiary alicyclic amines) is 1. The van der Waals surface area contributed by atoms with E-state index in [1.807, 2.05) is 24.0 Å². The molecule has 1 fully saturated rings. The van der Waals surface area contributed by atoms with Gasteiger partial charge in [-0.2, -0.15) is 13.2 Å². The fourth-order valence-corrected chi connectivity index (χ4v) is 4.13. The molecule has 3 nitrogen and oxygen atoms in total. The van der Waals surface area contributed by atoms with Crippen LogP contribution in [0.15, 0.2) is 18.2 Å². The number of anilines is 1. The van der Waals surface area contributed by atoms with E-state index in [0.717, 1.165) is 24.1 Å². The van der Waals surface area contributed by atoms with Crippen molar-refractivity contribution in [3.05, 3.63) is 29.3 Å². The number of hydrogen-bond donors (Lipinski definition) is 0. The molecule has 0 aliphatic carbocycles. The second kappa shape index (κ2) is 6.36. The summed E-state index contributed by atoms with van der Waals surface area (Å²) in [5, 5.41) is 0. The highest BCUT2D eigenvalue weighted by molar-refractivity contribution is 6.60. The zero-order valence-corrected chi connectivity index (χ0v) is 14.9. The number of halogens is 3. The Balaban J connectivity index is 1.76. The average molecular weight is 352 g/mol. The van der Waals surface area contributed by atoms with E-state index in [9.17, 15) is 18.0 Å². The molecule has 1 spiro atoms. The second-order valence-corrected chi connectivity index (χ2v) is 7.43. The van der Waals surface area contributed by atoms with Crippen LogP contribution in [0, 0.1) is 6.92 Å². The zero-order valence-electron chi connectivity index (χ0n) is 13.7. The van der Waals surface area contributed by atoms with Crippen LogP contribution < -0.4 is 4.90 Å². The smallest absolute Gasteiger partial charge is 0.329 e. The largest absolute Gasteiger partial charge is 0.390 e. The number of carbonyl (C=O) groups is 1. The predicted octanol–water partition coefficient (Wildman–Crippen LogP) is 3.39. The van der Waals surface area contributed by atoms with Crippen LogP contribution in [0.25, 0.3) is 0 Å². The van der Waals surface area contributed by atoms with E-state index in [-0.39, 0.29) is 16.7 Å². The summed E-state index contributed by atoms with van der Waals surface area (Å²) in [6.07, 6.45) is -3.29. The van der Waals surface area contributed by atoms with E-state index in [1.54, 1.807) is 4.90 Å². The normalized spacial score (nSPS) is 20.4. The molecule has 7 heteroatoms. The van der Waals surface area contributed by atoms with Crippen molar-refractivity contribution in [3.63, 3.8) is 0 Å². The number of amides is 1. The van der Waals surface area contributed by atoms with Crippen molar-refractivity contribution in [2.24, 2.45) is 0 Å². The van der Waals surface area contributed by atoms with Gasteiger partial charge in [-0.1, -0.05) is 17.7 Å². The van der Waals surface area contributed by atoms with Gasteiger partial charge in [-0.15, -0.1) is 0 Å². The number of benzene rings is 1. The molecule has 1 amide bonds. The summed E-state index contributed by atoms with van der Waals surface area (Å²) < 4.78 is 37.2.